The number of hydrogen-bond donors (Lipinski definition) is 3. The lowest BCUT2D eigenvalue weighted by atomic mass is 10.1. The van der Waals surface area contributed by atoms with Gasteiger partial charge >= 0.3 is 0 Å². The fourth-order valence-electron chi connectivity index (χ4n) is 0.970. The molecule has 0 spiro atoms. The molecule has 0 aliphatic heterocycles. The number of carbonyl (C=O) groups is 1. The van der Waals surface area contributed by atoms with E-state index in [1.165, 1.54) is 12.3 Å². The Morgan fingerprint density at radius 3 is 2.85 bits per heavy atom. The van der Waals surface area contributed by atoms with Crippen molar-refractivity contribution in [3.8, 4) is 0 Å². The number of H-pyrrole nitrogens is 1. The van der Waals surface area contributed by atoms with E-state index in [9.17, 15) is 9.59 Å². The van der Waals surface area contributed by atoms with E-state index >= 15 is 0 Å². The predicted molar refractivity (Wildman–Crippen MR) is 47.9 cm³/mol. The van der Waals surface area contributed by atoms with Crippen molar-refractivity contribution in [2.45, 2.75) is 12.5 Å². The molecule has 0 unspecified atom stereocenters. The lowest BCUT2D eigenvalue weighted by Gasteiger charge is -2.05. The molecular formula is C8H11N3O2. The number of nitrogens with one attached hydrogen (secondary N) is 1. The molecule has 0 aliphatic rings. The van der Waals surface area contributed by atoms with Gasteiger partial charge in [0.1, 0.15) is 0 Å². The molecule has 5 N–H and O–H groups in total. The van der Waals surface area contributed by atoms with E-state index in [0.717, 1.165) is 0 Å². The van der Waals surface area contributed by atoms with Crippen molar-refractivity contribution < 1.29 is 4.79 Å². The SMILES string of the molecule is NC(=O)[C@@H](N)Cc1cc[nH]c(=O)c1. The van der Waals surface area contributed by atoms with Crippen LogP contribution in [-0.2, 0) is 11.2 Å². The van der Waals surface area contributed by atoms with Crippen LogP contribution in [0.4, 0.5) is 0 Å². The number of nitrogens with two attached hydrogens (primary N) is 2. The van der Waals surface area contributed by atoms with Crippen molar-refractivity contribution in [3.05, 3.63) is 34.2 Å². The van der Waals surface area contributed by atoms with Crippen LogP contribution in [0.3, 0.4) is 0 Å². The molecule has 1 atom stereocenters. The van der Waals surface area contributed by atoms with Crippen LogP contribution in [0.1, 0.15) is 5.56 Å². The second-order valence-corrected chi connectivity index (χ2v) is 2.77. The number of pyridine rings is 1. The first-order valence-corrected chi connectivity index (χ1v) is 3.82. The molecule has 1 heterocycles. The maximum absolute atomic E-state index is 10.8. The van der Waals surface area contributed by atoms with Gasteiger partial charge in [-0.1, -0.05) is 0 Å². The average Bonchev–Trinajstić information content (AvgIpc) is 2.04. The Hall–Kier alpha value is -1.62. The number of amides is 1. The average molecular weight is 181 g/mol. The molecule has 0 saturated carbocycles. The van der Waals surface area contributed by atoms with E-state index in [-0.39, 0.29) is 5.56 Å². The monoisotopic (exact) mass is 181 g/mol. The minimum atomic E-state index is -0.734. The highest BCUT2D eigenvalue weighted by molar-refractivity contribution is 5.79. The van der Waals surface area contributed by atoms with Crippen molar-refractivity contribution in [1.29, 1.82) is 0 Å². The molecule has 0 bridgehead atoms. The van der Waals surface area contributed by atoms with E-state index in [1.807, 2.05) is 0 Å². The summed E-state index contributed by atoms with van der Waals surface area (Å²) in [5.74, 6) is -0.569. The van der Waals surface area contributed by atoms with Gasteiger partial charge in [0, 0.05) is 12.3 Å². The second kappa shape index (κ2) is 3.86. The van der Waals surface area contributed by atoms with E-state index in [2.05, 4.69) is 4.98 Å². The number of primary amides is 1. The number of aromatic amines is 1. The number of hydrogen-bond acceptors (Lipinski definition) is 3. The van der Waals surface area contributed by atoms with Gasteiger partial charge in [-0.25, -0.2) is 0 Å². The highest BCUT2D eigenvalue weighted by Gasteiger charge is 2.09. The smallest absolute Gasteiger partial charge is 0.248 e. The van der Waals surface area contributed by atoms with Crippen molar-refractivity contribution in [1.82, 2.24) is 4.98 Å². The molecule has 0 aliphatic carbocycles. The van der Waals surface area contributed by atoms with Crippen molar-refractivity contribution >= 4 is 5.91 Å². The Kier molecular flexibility index (Phi) is 2.81. The standard InChI is InChI=1S/C8H11N3O2/c9-6(8(10)13)3-5-1-2-11-7(12)4-5/h1-2,4,6H,3,9H2,(H2,10,13)(H,11,12)/t6-/m0/s1. The summed E-state index contributed by atoms with van der Waals surface area (Å²) in [6.45, 7) is 0. The molecule has 0 radical (unpaired) electrons. The molecule has 13 heavy (non-hydrogen) atoms. The molecule has 5 nitrogen and oxygen atoms in total. The predicted octanol–water partition coefficient (Wildman–Crippen LogP) is -1.27. The Balaban J connectivity index is 2.75. The molecule has 70 valence electrons. The van der Waals surface area contributed by atoms with Crippen molar-refractivity contribution in [2.75, 3.05) is 0 Å². The van der Waals surface area contributed by atoms with Crippen LogP contribution < -0.4 is 17.0 Å². The van der Waals surface area contributed by atoms with E-state index in [1.54, 1.807) is 6.07 Å². The summed E-state index contributed by atoms with van der Waals surface area (Å²) in [5, 5.41) is 0. The van der Waals surface area contributed by atoms with Crippen LogP contribution in [0.2, 0.25) is 0 Å². The quantitative estimate of drug-likeness (QED) is 0.541. The lowest BCUT2D eigenvalue weighted by molar-refractivity contribution is -0.119. The van der Waals surface area contributed by atoms with Gasteiger partial charge in [-0.2, -0.15) is 0 Å². The first kappa shape index (κ1) is 9.47. The third kappa shape index (κ3) is 2.72. The number of rotatable bonds is 3. The first-order valence-electron chi connectivity index (χ1n) is 3.82. The van der Waals surface area contributed by atoms with Crippen LogP contribution in [0, 0.1) is 0 Å². The molecule has 1 aromatic heterocycles. The Labute approximate surface area is 74.7 Å². The van der Waals surface area contributed by atoms with Crippen molar-refractivity contribution in [3.63, 3.8) is 0 Å². The highest BCUT2D eigenvalue weighted by atomic mass is 16.1. The van der Waals surface area contributed by atoms with Crippen LogP contribution >= 0.6 is 0 Å². The summed E-state index contributed by atoms with van der Waals surface area (Å²) in [7, 11) is 0. The van der Waals surface area contributed by atoms with Gasteiger partial charge in [0.2, 0.25) is 11.5 Å². The van der Waals surface area contributed by atoms with E-state index < -0.39 is 11.9 Å². The first-order chi connectivity index (χ1) is 6.09. The maximum atomic E-state index is 10.8. The second-order valence-electron chi connectivity index (χ2n) is 2.77. The van der Waals surface area contributed by atoms with Crippen LogP contribution in [0.5, 0.6) is 0 Å². The number of carbonyl (C=O) groups excluding carboxylic acids is 1. The molecule has 1 amide bonds. The zero-order valence-corrected chi connectivity index (χ0v) is 6.99. The van der Waals surface area contributed by atoms with Crippen molar-refractivity contribution in [2.24, 2.45) is 11.5 Å². The van der Waals surface area contributed by atoms with Gasteiger partial charge in [0.15, 0.2) is 0 Å². The fourth-order valence-corrected chi connectivity index (χ4v) is 0.970. The molecular weight excluding hydrogens is 170 g/mol. The van der Waals surface area contributed by atoms with Crippen LogP contribution in [-0.4, -0.2) is 16.9 Å². The highest BCUT2D eigenvalue weighted by Crippen LogP contribution is 1.96. The van der Waals surface area contributed by atoms with Gasteiger partial charge in [0.25, 0.3) is 0 Å². The zero-order chi connectivity index (χ0) is 9.84. The molecule has 5 heteroatoms. The summed E-state index contributed by atoms with van der Waals surface area (Å²) >= 11 is 0. The van der Waals surface area contributed by atoms with Gasteiger partial charge in [0.05, 0.1) is 6.04 Å². The van der Waals surface area contributed by atoms with Crippen LogP contribution in [0.25, 0.3) is 0 Å². The largest absolute Gasteiger partial charge is 0.368 e. The molecule has 0 fully saturated rings. The third-order valence-corrected chi connectivity index (χ3v) is 1.66. The topological polar surface area (TPSA) is 102 Å². The van der Waals surface area contributed by atoms with Gasteiger partial charge in [-0.15, -0.1) is 0 Å². The molecule has 1 aromatic rings. The van der Waals surface area contributed by atoms with Gasteiger partial charge < -0.3 is 16.5 Å². The van der Waals surface area contributed by atoms with Gasteiger partial charge in [-0.3, -0.25) is 9.59 Å². The van der Waals surface area contributed by atoms with Crippen LogP contribution in [0.15, 0.2) is 23.1 Å². The normalized spacial score (nSPS) is 12.4. The maximum Gasteiger partial charge on any atom is 0.248 e. The minimum Gasteiger partial charge on any atom is -0.368 e. The third-order valence-electron chi connectivity index (χ3n) is 1.66. The number of aromatic nitrogens is 1. The lowest BCUT2D eigenvalue weighted by Crippen LogP contribution is -2.38. The molecule has 0 saturated heterocycles. The zero-order valence-electron chi connectivity index (χ0n) is 6.99. The van der Waals surface area contributed by atoms with E-state index in [4.69, 9.17) is 11.5 Å². The molecule has 1 rings (SSSR count). The fraction of sp³-hybridized carbons (Fsp3) is 0.250. The Bertz CT molecular complexity index is 358. The van der Waals surface area contributed by atoms with E-state index in [0.29, 0.717) is 12.0 Å². The summed E-state index contributed by atoms with van der Waals surface area (Å²) < 4.78 is 0. The molecule has 0 aromatic carbocycles. The summed E-state index contributed by atoms with van der Waals surface area (Å²) in [6.07, 6.45) is 1.80. The Morgan fingerprint density at radius 1 is 1.62 bits per heavy atom. The summed E-state index contributed by atoms with van der Waals surface area (Å²) in [5.41, 5.74) is 10.9. The minimum absolute atomic E-state index is 0.214. The summed E-state index contributed by atoms with van der Waals surface area (Å²) in [6, 6.07) is 2.34. The summed E-state index contributed by atoms with van der Waals surface area (Å²) in [4.78, 5) is 23.9. The van der Waals surface area contributed by atoms with Gasteiger partial charge in [-0.05, 0) is 18.1 Å². The Morgan fingerprint density at radius 2 is 2.31 bits per heavy atom.